The van der Waals surface area contributed by atoms with Gasteiger partial charge in [-0.15, -0.1) is 0 Å². The largest absolute Gasteiger partial charge is 0.382 e. The number of nitrogens with one attached hydrogen (secondary N) is 2. The van der Waals surface area contributed by atoms with E-state index in [0.29, 0.717) is 32.3 Å². The molecule has 1 aliphatic rings. The van der Waals surface area contributed by atoms with E-state index in [1.54, 1.807) is 24.3 Å². The zero-order chi connectivity index (χ0) is 17.4. The number of rotatable bonds is 10. The predicted octanol–water partition coefficient (Wildman–Crippen LogP) is 0.958. The Morgan fingerprint density at radius 1 is 1.33 bits per heavy atom. The number of guanidine groups is 1. The fourth-order valence-electron chi connectivity index (χ4n) is 2.03. The minimum Gasteiger partial charge on any atom is -0.382 e. The molecule has 0 atom stereocenters. The van der Waals surface area contributed by atoms with Crippen molar-refractivity contribution in [1.82, 2.24) is 10.0 Å². The van der Waals surface area contributed by atoms with Gasteiger partial charge in [0.05, 0.1) is 11.4 Å². The van der Waals surface area contributed by atoms with Crippen molar-refractivity contribution < 1.29 is 13.2 Å². The molecule has 0 saturated heterocycles. The van der Waals surface area contributed by atoms with Crippen molar-refractivity contribution >= 4 is 16.0 Å². The summed E-state index contributed by atoms with van der Waals surface area (Å²) in [6.45, 7) is 4.48. The summed E-state index contributed by atoms with van der Waals surface area (Å²) in [5.41, 5.74) is 6.69. The van der Waals surface area contributed by atoms with Crippen molar-refractivity contribution in [1.29, 1.82) is 0 Å². The SMILES string of the molecule is CCOCCCNC(N)=NCc1ccc(S(=O)(=O)NC2CC2)cc1. The van der Waals surface area contributed by atoms with E-state index in [1.807, 2.05) is 6.92 Å². The van der Waals surface area contributed by atoms with Crippen LogP contribution in [-0.2, 0) is 21.3 Å². The second-order valence-electron chi connectivity index (χ2n) is 5.72. The summed E-state index contributed by atoms with van der Waals surface area (Å²) < 4.78 is 32.0. The summed E-state index contributed by atoms with van der Waals surface area (Å²) in [7, 11) is -3.40. The van der Waals surface area contributed by atoms with Crippen LogP contribution in [0.5, 0.6) is 0 Å². The third-order valence-electron chi connectivity index (χ3n) is 3.54. The van der Waals surface area contributed by atoms with Crippen molar-refractivity contribution in [2.24, 2.45) is 10.7 Å². The Labute approximate surface area is 143 Å². The molecular weight excluding hydrogens is 328 g/mol. The Balaban J connectivity index is 1.79. The lowest BCUT2D eigenvalue weighted by molar-refractivity contribution is 0.145. The number of sulfonamides is 1. The average molecular weight is 354 g/mol. The Morgan fingerprint density at radius 3 is 2.67 bits per heavy atom. The van der Waals surface area contributed by atoms with E-state index in [2.05, 4.69) is 15.0 Å². The first kappa shape index (κ1) is 18.7. The molecule has 1 fully saturated rings. The Kier molecular flexibility index (Phi) is 7.01. The van der Waals surface area contributed by atoms with E-state index in [4.69, 9.17) is 10.5 Å². The highest BCUT2D eigenvalue weighted by molar-refractivity contribution is 7.89. The first-order valence-corrected chi connectivity index (χ1v) is 9.72. The lowest BCUT2D eigenvalue weighted by atomic mass is 10.2. The van der Waals surface area contributed by atoms with Gasteiger partial charge >= 0.3 is 0 Å². The first-order chi connectivity index (χ1) is 11.5. The molecule has 1 saturated carbocycles. The van der Waals surface area contributed by atoms with Gasteiger partial charge in [-0.05, 0) is 43.9 Å². The monoisotopic (exact) mass is 354 g/mol. The summed E-state index contributed by atoms with van der Waals surface area (Å²) in [6, 6.07) is 6.82. The van der Waals surface area contributed by atoms with Gasteiger partial charge in [-0.2, -0.15) is 0 Å². The number of nitrogens with zero attached hydrogens (tertiary/aromatic N) is 1. The van der Waals surface area contributed by atoms with Gasteiger partial charge in [0.25, 0.3) is 0 Å². The average Bonchev–Trinajstić information content (AvgIpc) is 3.36. The molecule has 134 valence electrons. The van der Waals surface area contributed by atoms with Crippen LogP contribution >= 0.6 is 0 Å². The minimum atomic E-state index is -3.40. The normalized spacial score (nSPS) is 15.5. The number of hydrogen-bond donors (Lipinski definition) is 3. The number of hydrogen-bond acceptors (Lipinski definition) is 4. The van der Waals surface area contributed by atoms with Crippen LogP contribution in [0.15, 0.2) is 34.2 Å². The lowest BCUT2D eigenvalue weighted by Gasteiger charge is -2.07. The maximum Gasteiger partial charge on any atom is 0.240 e. The molecule has 0 amide bonds. The molecule has 24 heavy (non-hydrogen) atoms. The first-order valence-electron chi connectivity index (χ1n) is 8.24. The van der Waals surface area contributed by atoms with E-state index < -0.39 is 10.0 Å². The van der Waals surface area contributed by atoms with Gasteiger partial charge in [-0.3, -0.25) is 0 Å². The van der Waals surface area contributed by atoms with Gasteiger partial charge in [0.15, 0.2) is 5.96 Å². The zero-order valence-corrected chi connectivity index (χ0v) is 14.8. The molecule has 7 nitrogen and oxygen atoms in total. The lowest BCUT2D eigenvalue weighted by Crippen LogP contribution is -2.32. The predicted molar refractivity (Wildman–Crippen MR) is 94.2 cm³/mol. The minimum absolute atomic E-state index is 0.105. The standard InChI is InChI=1S/C16H26N4O3S/c1-2-23-11-3-10-18-16(17)19-12-13-4-8-15(9-5-13)24(21,22)20-14-6-7-14/h4-5,8-9,14,20H,2-3,6-7,10-12H2,1H3,(H3,17,18,19). The molecule has 1 aromatic carbocycles. The van der Waals surface area contributed by atoms with Crippen LogP contribution in [0.2, 0.25) is 0 Å². The fourth-order valence-corrected chi connectivity index (χ4v) is 3.34. The topological polar surface area (TPSA) is 106 Å². The molecule has 8 heteroatoms. The summed E-state index contributed by atoms with van der Waals surface area (Å²) in [5, 5.41) is 3.02. The van der Waals surface area contributed by atoms with Gasteiger partial charge in [0.2, 0.25) is 10.0 Å². The number of nitrogens with two attached hydrogens (primary N) is 1. The van der Waals surface area contributed by atoms with Gasteiger partial charge < -0.3 is 15.8 Å². The maximum atomic E-state index is 12.1. The van der Waals surface area contributed by atoms with Crippen LogP contribution in [0.25, 0.3) is 0 Å². The third kappa shape index (κ3) is 6.46. The fraction of sp³-hybridized carbons (Fsp3) is 0.562. The summed E-state index contributed by atoms with van der Waals surface area (Å²) in [5.74, 6) is 0.374. The second kappa shape index (κ2) is 9.00. The Hall–Kier alpha value is -1.64. The molecule has 0 aromatic heterocycles. The molecule has 1 aromatic rings. The van der Waals surface area contributed by atoms with E-state index in [9.17, 15) is 8.42 Å². The third-order valence-corrected chi connectivity index (χ3v) is 5.08. The molecular formula is C16H26N4O3S. The molecule has 0 bridgehead atoms. The van der Waals surface area contributed by atoms with Crippen LogP contribution in [0.3, 0.4) is 0 Å². The van der Waals surface area contributed by atoms with Crippen LogP contribution in [0.1, 0.15) is 31.7 Å². The quantitative estimate of drug-likeness (QED) is 0.330. The van der Waals surface area contributed by atoms with Gasteiger partial charge in [0, 0.05) is 25.8 Å². The van der Waals surface area contributed by atoms with E-state index >= 15 is 0 Å². The summed E-state index contributed by atoms with van der Waals surface area (Å²) in [4.78, 5) is 4.52. The molecule has 0 spiro atoms. The number of benzene rings is 1. The highest BCUT2D eigenvalue weighted by atomic mass is 32.2. The second-order valence-corrected chi connectivity index (χ2v) is 7.43. The molecule has 0 radical (unpaired) electrons. The Bertz CT molecular complexity index is 640. The zero-order valence-electron chi connectivity index (χ0n) is 14.0. The van der Waals surface area contributed by atoms with Crippen molar-refractivity contribution in [3.05, 3.63) is 29.8 Å². The highest BCUT2D eigenvalue weighted by Crippen LogP contribution is 2.22. The van der Waals surface area contributed by atoms with E-state index in [1.165, 1.54) is 0 Å². The molecule has 0 heterocycles. The smallest absolute Gasteiger partial charge is 0.240 e. The molecule has 1 aliphatic carbocycles. The van der Waals surface area contributed by atoms with Crippen molar-refractivity contribution in [2.75, 3.05) is 19.8 Å². The van der Waals surface area contributed by atoms with Crippen LogP contribution in [-0.4, -0.2) is 40.2 Å². The number of ether oxygens (including phenoxy) is 1. The van der Waals surface area contributed by atoms with Crippen molar-refractivity contribution in [2.45, 2.75) is 43.7 Å². The van der Waals surface area contributed by atoms with Gasteiger partial charge in [-0.1, -0.05) is 12.1 Å². The Morgan fingerprint density at radius 2 is 2.04 bits per heavy atom. The van der Waals surface area contributed by atoms with E-state index in [-0.39, 0.29) is 10.9 Å². The van der Waals surface area contributed by atoms with Crippen LogP contribution in [0, 0.1) is 0 Å². The van der Waals surface area contributed by atoms with Gasteiger partial charge in [-0.25, -0.2) is 18.1 Å². The van der Waals surface area contributed by atoms with Crippen molar-refractivity contribution in [3.63, 3.8) is 0 Å². The van der Waals surface area contributed by atoms with Crippen LogP contribution in [0.4, 0.5) is 0 Å². The van der Waals surface area contributed by atoms with Crippen LogP contribution < -0.4 is 15.8 Å². The molecule has 2 rings (SSSR count). The van der Waals surface area contributed by atoms with Gasteiger partial charge in [0.1, 0.15) is 0 Å². The maximum absolute atomic E-state index is 12.1. The molecule has 0 unspecified atom stereocenters. The summed E-state index contributed by atoms with van der Waals surface area (Å²) >= 11 is 0. The molecule has 0 aliphatic heterocycles. The highest BCUT2D eigenvalue weighted by Gasteiger charge is 2.27. The molecule has 4 N–H and O–H groups in total. The van der Waals surface area contributed by atoms with E-state index in [0.717, 1.165) is 24.8 Å². The summed E-state index contributed by atoms with van der Waals surface area (Å²) in [6.07, 6.45) is 2.70. The number of aliphatic imine (C=N–C) groups is 1. The van der Waals surface area contributed by atoms with Crippen molar-refractivity contribution in [3.8, 4) is 0 Å².